The number of benzene rings is 1. The fraction of sp³-hybridized carbons (Fsp3) is 0.154. The highest BCUT2D eigenvalue weighted by molar-refractivity contribution is 9.10. The first-order valence-corrected chi connectivity index (χ1v) is 7.05. The van der Waals surface area contributed by atoms with Crippen LogP contribution in [0.2, 0.25) is 10.0 Å². The normalized spacial score (nSPS) is 10.3. The zero-order chi connectivity index (χ0) is 13.8. The molecule has 1 aromatic heterocycles. The smallest absolute Gasteiger partial charge is 0.139 e. The van der Waals surface area contributed by atoms with Crippen molar-refractivity contribution in [2.45, 2.75) is 6.61 Å². The van der Waals surface area contributed by atoms with Crippen molar-refractivity contribution in [3.05, 3.63) is 50.5 Å². The molecule has 19 heavy (non-hydrogen) atoms. The summed E-state index contributed by atoms with van der Waals surface area (Å²) in [5.74, 6) is 1.35. The predicted octanol–water partition coefficient (Wildman–Crippen LogP) is 4.77. The van der Waals surface area contributed by atoms with Gasteiger partial charge in [-0.15, -0.1) is 0 Å². The molecule has 0 saturated heterocycles. The van der Waals surface area contributed by atoms with E-state index < -0.39 is 0 Å². The minimum atomic E-state index is 0.398. The van der Waals surface area contributed by atoms with E-state index in [0.29, 0.717) is 22.4 Å². The molecule has 1 heterocycles. The first kappa shape index (κ1) is 14.4. The van der Waals surface area contributed by atoms with Crippen LogP contribution in [0.5, 0.6) is 5.75 Å². The van der Waals surface area contributed by atoms with Crippen LogP contribution in [0.1, 0.15) is 5.56 Å². The van der Waals surface area contributed by atoms with Crippen molar-refractivity contribution in [1.29, 1.82) is 0 Å². The van der Waals surface area contributed by atoms with Gasteiger partial charge in [-0.2, -0.15) is 0 Å². The molecule has 0 radical (unpaired) electrons. The van der Waals surface area contributed by atoms with Gasteiger partial charge in [-0.05, 0) is 39.7 Å². The molecule has 0 aliphatic heterocycles. The minimum absolute atomic E-state index is 0.398. The summed E-state index contributed by atoms with van der Waals surface area (Å²) in [7, 11) is 1.82. The Labute approximate surface area is 130 Å². The predicted molar refractivity (Wildman–Crippen MR) is 82.3 cm³/mol. The van der Waals surface area contributed by atoms with E-state index in [9.17, 15) is 0 Å². The van der Waals surface area contributed by atoms with Crippen molar-refractivity contribution in [3.63, 3.8) is 0 Å². The van der Waals surface area contributed by atoms with E-state index in [1.54, 1.807) is 18.3 Å². The van der Waals surface area contributed by atoms with Crippen LogP contribution in [0.15, 0.2) is 34.9 Å². The molecule has 0 unspecified atom stereocenters. The fourth-order valence-corrected chi connectivity index (χ4v) is 2.32. The maximum atomic E-state index is 6.09. The van der Waals surface area contributed by atoms with Crippen LogP contribution < -0.4 is 10.1 Å². The van der Waals surface area contributed by atoms with Crippen molar-refractivity contribution in [2.75, 3.05) is 12.4 Å². The number of ether oxygens (including phenoxy) is 1. The van der Waals surface area contributed by atoms with Crippen molar-refractivity contribution >= 4 is 44.9 Å². The van der Waals surface area contributed by atoms with Gasteiger partial charge < -0.3 is 10.1 Å². The van der Waals surface area contributed by atoms with Crippen LogP contribution in [-0.4, -0.2) is 12.0 Å². The van der Waals surface area contributed by atoms with Gasteiger partial charge in [0.1, 0.15) is 18.2 Å². The lowest BCUT2D eigenvalue weighted by molar-refractivity contribution is 0.306. The Morgan fingerprint density at radius 1 is 1.26 bits per heavy atom. The molecular formula is C13H11BrCl2N2O. The minimum Gasteiger partial charge on any atom is -0.487 e. The summed E-state index contributed by atoms with van der Waals surface area (Å²) < 4.78 is 6.41. The second-order valence-corrected chi connectivity index (χ2v) is 5.45. The van der Waals surface area contributed by atoms with Gasteiger partial charge in [-0.3, -0.25) is 0 Å². The molecule has 2 rings (SSSR count). The molecule has 2 aromatic rings. The highest BCUT2D eigenvalue weighted by Gasteiger charge is 2.07. The molecular weight excluding hydrogens is 351 g/mol. The van der Waals surface area contributed by atoms with E-state index in [-0.39, 0.29) is 0 Å². The highest BCUT2D eigenvalue weighted by Crippen LogP contribution is 2.34. The molecule has 0 aliphatic rings. The van der Waals surface area contributed by atoms with E-state index in [2.05, 4.69) is 26.2 Å². The summed E-state index contributed by atoms with van der Waals surface area (Å²) in [6, 6.07) is 7.20. The first-order valence-electron chi connectivity index (χ1n) is 5.50. The van der Waals surface area contributed by atoms with Crippen LogP contribution in [0.25, 0.3) is 0 Å². The van der Waals surface area contributed by atoms with Gasteiger partial charge in [0.2, 0.25) is 0 Å². The number of halogens is 3. The van der Waals surface area contributed by atoms with Crippen molar-refractivity contribution in [1.82, 2.24) is 4.98 Å². The number of nitrogens with one attached hydrogen (secondary N) is 1. The van der Waals surface area contributed by atoms with Crippen LogP contribution in [0, 0.1) is 0 Å². The van der Waals surface area contributed by atoms with Gasteiger partial charge in [-0.1, -0.05) is 23.2 Å². The lowest BCUT2D eigenvalue weighted by Gasteiger charge is -2.10. The first-order chi connectivity index (χ1) is 9.10. The zero-order valence-electron chi connectivity index (χ0n) is 10.1. The number of rotatable bonds is 4. The molecule has 6 heteroatoms. The molecule has 0 spiro atoms. The Morgan fingerprint density at radius 2 is 2.05 bits per heavy atom. The lowest BCUT2D eigenvalue weighted by atomic mass is 10.3. The topological polar surface area (TPSA) is 34.1 Å². The monoisotopic (exact) mass is 360 g/mol. The summed E-state index contributed by atoms with van der Waals surface area (Å²) in [5.41, 5.74) is 0.995. The number of hydrogen-bond acceptors (Lipinski definition) is 3. The van der Waals surface area contributed by atoms with Gasteiger partial charge in [-0.25, -0.2) is 4.98 Å². The maximum absolute atomic E-state index is 6.09. The Hall–Kier alpha value is -0.970. The number of aromatic nitrogens is 1. The highest BCUT2D eigenvalue weighted by atomic mass is 79.9. The van der Waals surface area contributed by atoms with Crippen LogP contribution >= 0.6 is 39.1 Å². The largest absolute Gasteiger partial charge is 0.487 e. The number of anilines is 1. The molecule has 100 valence electrons. The Balaban J connectivity index is 2.12. The lowest BCUT2D eigenvalue weighted by Crippen LogP contribution is -1.99. The molecule has 0 aliphatic carbocycles. The average molecular weight is 362 g/mol. The molecule has 0 atom stereocenters. The van der Waals surface area contributed by atoms with E-state index in [1.165, 1.54) is 0 Å². The van der Waals surface area contributed by atoms with Gasteiger partial charge in [0, 0.05) is 23.8 Å². The summed E-state index contributed by atoms with van der Waals surface area (Å²) in [6.07, 6.45) is 1.72. The Morgan fingerprint density at radius 3 is 2.79 bits per heavy atom. The average Bonchev–Trinajstić information content (AvgIpc) is 2.41. The SMILES string of the molecule is CNc1cc(COc2cc(Cl)c(Br)cc2Cl)ccn1. The second kappa shape index (κ2) is 6.46. The van der Waals surface area contributed by atoms with Crippen molar-refractivity contribution in [2.24, 2.45) is 0 Å². The third-order valence-corrected chi connectivity index (χ3v) is 3.94. The summed E-state index contributed by atoms with van der Waals surface area (Å²) >= 11 is 15.4. The molecule has 1 N–H and O–H groups in total. The molecule has 0 bridgehead atoms. The van der Waals surface area contributed by atoms with Gasteiger partial charge in [0.25, 0.3) is 0 Å². The summed E-state index contributed by atoms with van der Waals surface area (Å²) in [6.45, 7) is 0.398. The van der Waals surface area contributed by atoms with Gasteiger partial charge in [0.05, 0.1) is 10.0 Å². The molecule has 3 nitrogen and oxygen atoms in total. The molecule has 0 saturated carbocycles. The third-order valence-electron chi connectivity index (χ3n) is 2.45. The van der Waals surface area contributed by atoms with Crippen molar-refractivity contribution in [3.8, 4) is 5.75 Å². The maximum Gasteiger partial charge on any atom is 0.139 e. The van der Waals surface area contributed by atoms with E-state index in [1.807, 2.05) is 19.2 Å². The van der Waals surface area contributed by atoms with Crippen LogP contribution in [0.3, 0.4) is 0 Å². The standard InChI is InChI=1S/C13H11BrCl2N2O/c1-17-13-4-8(2-3-18-13)7-19-12-6-10(15)9(14)5-11(12)16/h2-6H,7H2,1H3,(H,17,18). The Kier molecular flexibility index (Phi) is 4.91. The fourth-order valence-electron chi connectivity index (χ4n) is 1.48. The number of nitrogens with zero attached hydrogens (tertiary/aromatic N) is 1. The Bertz CT molecular complexity index is 593. The molecule has 1 aromatic carbocycles. The number of pyridine rings is 1. The van der Waals surface area contributed by atoms with E-state index in [0.717, 1.165) is 15.9 Å². The van der Waals surface area contributed by atoms with Gasteiger partial charge in [0.15, 0.2) is 0 Å². The van der Waals surface area contributed by atoms with E-state index in [4.69, 9.17) is 27.9 Å². The van der Waals surface area contributed by atoms with Crippen LogP contribution in [-0.2, 0) is 6.61 Å². The van der Waals surface area contributed by atoms with Crippen molar-refractivity contribution < 1.29 is 4.74 Å². The second-order valence-electron chi connectivity index (χ2n) is 3.78. The summed E-state index contributed by atoms with van der Waals surface area (Å²) in [5, 5.41) is 4.05. The molecule has 0 fully saturated rings. The van der Waals surface area contributed by atoms with Crippen LogP contribution in [0.4, 0.5) is 5.82 Å². The summed E-state index contributed by atoms with van der Waals surface area (Å²) in [4.78, 5) is 4.14. The quantitative estimate of drug-likeness (QED) is 0.796. The molecule has 0 amide bonds. The van der Waals surface area contributed by atoms with E-state index >= 15 is 0 Å². The third kappa shape index (κ3) is 3.75. The van der Waals surface area contributed by atoms with Gasteiger partial charge >= 0.3 is 0 Å². The number of hydrogen-bond donors (Lipinski definition) is 1. The zero-order valence-corrected chi connectivity index (χ0v) is 13.2.